The van der Waals surface area contributed by atoms with Crippen LogP contribution in [0.3, 0.4) is 0 Å². The molecule has 6 heteroatoms. The van der Waals surface area contributed by atoms with Crippen LogP contribution in [0.15, 0.2) is 48.5 Å². The van der Waals surface area contributed by atoms with Gasteiger partial charge in [-0.1, -0.05) is 30.3 Å². The number of nitro benzene ring substituents is 1. The summed E-state index contributed by atoms with van der Waals surface area (Å²) >= 11 is 0. The fourth-order valence-electron chi connectivity index (χ4n) is 1.62. The predicted molar refractivity (Wildman–Crippen MR) is 75.5 cm³/mol. The summed E-state index contributed by atoms with van der Waals surface area (Å²) in [6, 6.07) is 12.5. The second kappa shape index (κ2) is 7.01. The Morgan fingerprint density at radius 3 is 2.25 bits per heavy atom. The molecule has 0 aliphatic rings. The number of hydrogen-bond donors (Lipinski definition) is 2. The number of nitrogens with zero attached hydrogens (tertiary/aromatic N) is 1. The van der Waals surface area contributed by atoms with Crippen LogP contribution in [0.1, 0.15) is 15.9 Å². The largest absolute Gasteiger partial charge is 0.400 e. The van der Waals surface area contributed by atoms with E-state index in [-0.39, 0.29) is 22.7 Å². The Kier molecular flexibility index (Phi) is 5.37. The van der Waals surface area contributed by atoms with Crippen LogP contribution in [0, 0.1) is 10.1 Å². The van der Waals surface area contributed by atoms with E-state index in [0.29, 0.717) is 5.56 Å². The van der Waals surface area contributed by atoms with E-state index < -0.39 is 4.92 Å². The van der Waals surface area contributed by atoms with Crippen molar-refractivity contribution in [3.63, 3.8) is 0 Å². The van der Waals surface area contributed by atoms with Gasteiger partial charge in [0.2, 0.25) is 0 Å². The van der Waals surface area contributed by atoms with E-state index in [1.165, 1.54) is 18.2 Å². The van der Waals surface area contributed by atoms with Crippen molar-refractivity contribution in [2.24, 2.45) is 0 Å². The zero-order valence-electron chi connectivity index (χ0n) is 10.8. The van der Waals surface area contributed by atoms with E-state index in [0.717, 1.165) is 7.11 Å². The molecule has 0 aliphatic heterocycles. The minimum Gasteiger partial charge on any atom is -0.400 e. The maximum atomic E-state index is 12.1. The van der Waals surface area contributed by atoms with Gasteiger partial charge < -0.3 is 10.8 Å². The van der Waals surface area contributed by atoms with Crippen molar-refractivity contribution >= 4 is 17.2 Å². The molecule has 0 spiro atoms. The van der Waals surface area contributed by atoms with Crippen molar-refractivity contribution in [2.75, 3.05) is 12.8 Å². The third-order valence-electron chi connectivity index (χ3n) is 2.53. The number of aliphatic hydroxyl groups excluding tert-OH is 1. The lowest BCUT2D eigenvalue weighted by Gasteiger charge is -2.04. The quantitative estimate of drug-likeness (QED) is 0.385. The molecular weight excluding hydrogens is 260 g/mol. The Morgan fingerprint density at radius 1 is 1.15 bits per heavy atom. The van der Waals surface area contributed by atoms with Gasteiger partial charge in [-0.15, -0.1) is 0 Å². The number of aliphatic hydroxyl groups is 1. The third-order valence-corrected chi connectivity index (χ3v) is 2.53. The van der Waals surface area contributed by atoms with E-state index in [1.54, 1.807) is 30.3 Å². The van der Waals surface area contributed by atoms with Gasteiger partial charge in [-0.25, -0.2) is 0 Å². The van der Waals surface area contributed by atoms with Gasteiger partial charge in [-0.3, -0.25) is 14.9 Å². The summed E-state index contributed by atoms with van der Waals surface area (Å²) in [5.41, 5.74) is 6.42. The molecular formula is C14H14N2O4. The summed E-state index contributed by atoms with van der Waals surface area (Å²) in [5, 5.41) is 17.6. The minimum atomic E-state index is -0.548. The van der Waals surface area contributed by atoms with E-state index in [9.17, 15) is 14.9 Å². The maximum absolute atomic E-state index is 12.1. The summed E-state index contributed by atoms with van der Waals surface area (Å²) in [6.45, 7) is 0. The molecule has 0 bridgehead atoms. The number of carbonyl (C=O) groups excluding carboxylic acids is 1. The fraction of sp³-hybridized carbons (Fsp3) is 0.0714. The molecule has 2 aromatic rings. The van der Waals surface area contributed by atoms with Crippen molar-refractivity contribution in [2.45, 2.75) is 0 Å². The van der Waals surface area contributed by atoms with Crippen molar-refractivity contribution < 1.29 is 14.8 Å². The summed E-state index contributed by atoms with van der Waals surface area (Å²) in [7, 11) is 1.00. The lowest BCUT2D eigenvalue weighted by molar-refractivity contribution is -0.384. The van der Waals surface area contributed by atoms with E-state index in [4.69, 9.17) is 10.8 Å². The smallest absolute Gasteiger partial charge is 0.271 e. The average Bonchev–Trinajstić information content (AvgIpc) is 2.49. The van der Waals surface area contributed by atoms with Crippen LogP contribution in [0.5, 0.6) is 0 Å². The molecule has 2 aromatic carbocycles. The topological polar surface area (TPSA) is 106 Å². The van der Waals surface area contributed by atoms with E-state index in [1.807, 2.05) is 0 Å². The van der Waals surface area contributed by atoms with Crippen LogP contribution in [0.25, 0.3) is 0 Å². The lowest BCUT2D eigenvalue weighted by Crippen LogP contribution is -2.05. The van der Waals surface area contributed by atoms with Gasteiger partial charge in [0, 0.05) is 36.1 Å². The van der Waals surface area contributed by atoms with Gasteiger partial charge >= 0.3 is 0 Å². The minimum absolute atomic E-state index is 0.109. The molecule has 20 heavy (non-hydrogen) atoms. The molecule has 0 heterocycles. The average molecular weight is 274 g/mol. The van der Waals surface area contributed by atoms with Crippen molar-refractivity contribution in [3.05, 3.63) is 69.8 Å². The molecule has 3 N–H and O–H groups in total. The van der Waals surface area contributed by atoms with Gasteiger partial charge in [-0.05, 0) is 6.07 Å². The van der Waals surface area contributed by atoms with Crippen molar-refractivity contribution in [1.29, 1.82) is 0 Å². The van der Waals surface area contributed by atoms with Crippen molar-refractivity contribution in [3.8, 4) is 0 Å². The third kappa shape index (κ3) is 3.39. The molecule has 6 nitrogen and oxygen atoms in total. The molecule has 0 fully saturated rings. The molecule has 0 amide bonds. The Balaban J connectivity index is 0.000000956. The first-order valence-electron chi connectivity index (χ1n) is 5.68. The number of nitrogens with two attached hydrogens (primary N) is 1. The zero-order chi connectivity index (χ0) is 15.1. The number of carbonyl (C=O) groups is 1. The lowest BCUT2D eigenvalue weighted by atomic mass is 10.0. The highest BCUT2D eigenvalue weighted by molar-refractivity contribution is 6.12. The molecule has 0 saturated heterocycles. The summed E-state index contributed by atoms with van der Waals surface area (Å²) < 4.78 is 0. The van der Waals surface area contributed by atoms with Gasteiger partial charge in [0.05, 0.1) is 4.92 Å². The first-order chi connectivity index (χ1) is 9.59. The normalized spacial score (nSPS) is 9.30. The van der Waals surface area contributed by atoms with Crippen molar-refractivity contribution in [1.82, 2.24) is 0 Å². The molecule has 0 aliphatic carbocycles. The molecule has 0 atom stereocenters. The molecule has 0 saturated carbocycles. The van der Waals surface area contributed by atoms with E-state index in [2.05, 4.69) is 0 Å². The second-order valence-corrected chi connectivity index (χ2v) is 3.72. The number of nitro groups is 1. The van der Waals surface area contributed by atoms with Gasteiger partial charge in [0.1, 0.15) is 0 Å². The monoisotopic (exact) mass is 274 g/mol. The molecule has 2 rings (SSSR count). The number of anilines is 1. The highest BCUT2D eigenvalue weighted by atomic mass is 16.6. The van der Waals surface area contributed by atoms with Crippen LogP contribution in [0.2, 0.25) is 0 Å². The molecule has 104 valence electrons. The number of benzene rings is 2. The molecule has 0 aromatic heterocycles. The summed E-state index contributed by atoms with van der Waals surface area (Å²) in [5.74, 6) is -0.247. The first kappa shape index (κ1) is 15.3. The van der Waals surface area contributed by atoms with E-state index >= 15 is 0 Å². The number of hydrogen-bond acceptors (Lipinski definition) is 5. The Hall–Kier alpha value is -2.73. The summed E-state index contributed by atoms with van der Waals surface area (Å²) in [6.07, 6.45) is 0. The van der Waals surface area contributed by atoms with Crippen LogP contribution >= 0.6 is 0 Å². The van der Waals surface area contributed by atoms with Gasteiger partial charge in [0.25, 0.3) is 5.69 Å². The Bertz CT molecular complexity index is 612. The standard InChI is InChI=1S/C13H10N2O3.CH4O/c14-12-8-10(15(17)18)6-7-11(12)13(16)9-4-2-1-3-5-9;1-2/h1-8H,14H2;2H,1H3. The summed E-state index contributed by atoms with van der Waals surface area (Å²) in [4.78, 5) is 22.1. The predicted octanol–water partition coefficient (Wildman–Crippen LogP) is 2.02. The Labute approximate surface area is 115 Å². The highest BCUT2D eigenvalue weighted by Gasteiger charge is 2.15. The zero-order valence-corrected chi connectivity index (χ0v) is 10.8. The molecule has 0 unspecified atom stereocenters. The van der Waals surface area contributed by atoms with Crippen LogP contribution in [0.4, 0.5) is 11.4 Å². The number of rotatable bonds is 3. The number of nitrogen functional groups attached to an aromatic ring is 1. The molecule has 0 radical (unpaired) electrons. The van der Waals surface area contributed by atoms with Crippen LogP contribution in [-0.2, 0) is 0 Å². The fourth-order valence-corrected chi connectivity index (χ4v) is 1.62. The van der Waals surface area contributed by atoms with Gasteiger partial charge in [-0.2, -0.15) is 0 Å². The number of non-ortho nitro benzene ring substituents is 1. The maximum Gasteiger partial charge on any atom is 0.271 e. The Morgan fingerprint density at radius 2 is 1.75 bits per heavy atom. The SMILES string of the molecule is CO.Nc1cc([N+](=O)[O-])ccc1C(=O)c1ccccc1. The van der Waals surface area contributed by atoms with Crippen LogP contribution in [-0.4, -0.2) is 22.9 Å². The second-order valence-electron chi connectivity index (χ2n) is 3.72. The van der Waals surface area contributed by atoms with Gasteiger partial charge in [0.15, 0.2) is 5.78 Å². The highest BCUT2D eigenvalue weighted by Crippen LogP contribution is 2.22. The van der Waals surface area contributed by atoms with Crippen LogP contribution < -0.4 is 5.73 Å². The first-order valence-corrected chi connectivity index (χ1v) is 5.68. The number of ketones is 1.